The number of tetrazole rings is 1. The minimum absolute atomic E-state index is 0.0102. The molecule has 3 rings (SSSR count). The highest BCUT2D eigenvalue weighted by Gasteiger charge is 2.24. The van der Waals surface area contributed by atoms with Gasteiger partial charge in [0.2, 0.25) is 5.91 Å². The number of carbonyl (C=O) groups is 1. The monoisotopic (exact) mass is 397 g/mol. The molecule has 29 heavy (non-hydrogen) atoms. The van der Waals surface area contributed by atoms with Crippen LogP contribution in [0.15, 0.2) is 48.5 Å². The number of H-pyrrole nitrogens is 1. The van der Waals surface area contributed by atoms with Gasteiger partial charge in [-0.25, -0.2) is 9.49 Å². The molecule has 1 heterocycles. The minimum Gasteiger partial charge on any atom is -0.363 e. The lowest BCUT2D eigenvalue weighted by Crippen LogP contribution is -2.40. The molecule has 152 valence electrons. The van der Waals surface area contributed by atoms with E-state index in [4.69, 9.17) is 4.74 Å². The van der Waals surface area contributed by atoms with E-state index < -0.39 is 6.10 Å². The molecule has 0 fully saturated rings. The number of amides is 1. The van der Waals surface area contributed by atoms with E-state index in [1.807, 2.05) is 45.0 Å². The summed E-state index contributed by atoms with van der Waals surface area (Å²) in [4.78, 5) is 12.8. The molecule has 3 aromatic rings. The van der Waals surface area contributed by atoms with Crippen LogP contribution in [-0.4, -0.2) is 32.6 Å². The highest BCUT2D eigenvalue weighted by molar-refractivity contribution is 5.81. The smallest absolute Gasteiger partial charge is 0.249 e. The minimum atomic E-state index is -0.609. The van der Waals surface area contributed by atoms with Gasteiger partial charge in [-0.3, -0.25) is 4.79 Å². The summed E-state index contributed by atoms with van der Waals surface area (Å²) in [5, 5.41) is 16.7. The number of aromatic nitrogens is 4. The zero-order valence-corrected chi connectivity index (χ0v) is 16.6. The predicted octanol–water partition coefficient (Wildman–Crippen LogP) is 3.42. The van der Waals surface area contributed by atoms with E-state index >= 15 is 0 Å². The number of benzene rings is 2. The third kappa shape index (κ3) is 5.45. The highest BCUT2D eigenvalue weighted by Crippen LogP contribution is 2.19. The summed E-state index contributed by atoms with van der Waals surface area (Å²) < 4.78 is 18.9. The first-order valence-electron chi connectivity index (χ1n) is 9.44. The van der Waals surface area contributed by atoms with Gasteiger partial charge in [-0.2, -0.15) is 0 Å². The van der Waals surface area contributed by atoms with Crippen LogP contribution >= 0.6 is 0 Å². The summed E-state index contributed by atoms with van der Waals surface area (Å²) in [5.41, 5.74) is 2.63. The maximum Gasteiger partial charge on any atom is 0.249 e. The molecule has 0 radical (unpaired) electrons. The summed E-state index contributed by atoms with van der Waals surface area (Å²) in [7, 11) is 0. The standard InChI is InChI=1S/C21H24FN5O2/c1-13(2)19(29-12-15-4-10-18(22)11-5-15)21(28)23-14(3)16-6-8-17(9-7-16)20-24-26-27-25-20/h4-11,13-14,19H,12H2,1-3H3,(H,23,28)(H,24,25,26,27). The molecule has 0 aliphatic carbocycles. The van der Waals surface area contributed by atoms with E-state index in [0.717, 1.165) is 16.7 Å². The number of ether oxygens (including phenoxy) is 1. The van der Waals surface area contributed by atoms with Gasteiger partial charge in [0.15, 0.2) is 5.82 Å². The first-order valence-corrected chi connectivity index (χ1v) is 9.44. The molecule has 1 amide bonds. The molecule has 0 aliphatic rings. The number of hydrogen-bond donors (Lipinski definition) is 2. The number of carbonyl (C=O) groups excluding carboxylic acids is 1. The van der Waals surface area contributed by atoms with Crippen LogP contribution < -0.4 is 5.32 Å². The number of aromatic amines is 1. The second-order valence-corrected chi connectivity index (χ2v) is 7.20. The Bertz CT molecular complexity index is 911. The van der Waals surface area contributed by atoms with Crippen LogP contribution in [0.4, 0.5) is 4.39 Å². The van der Waals surface area contributed by atoms with Crippen LogP contribution in [0.2, 0.25) is 0 Å². The fraction of sp³-hybridized carbons (Fsp3) is 0.333. The van der Waals surface area contributed by atoms with Crippen molar-refractivity contribution in [3.05, 3.63) is 65.5 Å². The van der Waals surface area contributed by atoms with E-state index in [0.29, 0.717) is 5.82 Å². The quantitative estimate of drug-likeness (QED) is 0.608. The fourth-order valence-corrected chi connectivity index (χ4v) is 2.93. The summed E-state index contributed by atoms with van der Waals surface area (Å²) in [5.74, 6) is 0.0933. The number of hydrogen-bond acceptors (Lipinski definition) is 5. The molecular formula is C21H24FN5O2. The van der Waals surface area contributed by atoms with Crippen molar-refractivity contribution in [1.29, 1.82) is 0 Å². The largest absolute Gasteiger partial charge is 0.363 e. The van der Waals surface area contributed by atoms with Gasteiger partial charge in [0, 0.05) is 5.56 Å². The Morgan fingerprint density at radius 3 is 2.38 bits per heavy atom. The SMILES string of the molecule is CC(NC(=O)C(OCc1ccc(F)cc1)C(C)C)c1ccc(-c2nnn[nH]2)cc1. The summed E-state index contributed by atoms with van der Waals surface area (Å²) in [6, 6.07) is 13.5. The van der Waals surface area contributed by atoms with Crippen molar-refractivity contribution in [3.63, 3.8) is 0 Å². The van der Waals surface area contributed by atoms with Crippen LogP contribution in [-0.2, 0) is 16.1 Å². The second kappa shape index (κ2) is 9.38. The van der Waals surface area contributed by atoms with Crippen molar-refractivity contribution in [1.82, 2.24) is 25.9 Å². The van der Waals surface area contributed by atoms with Gasteiger partial charge in [0.25, 0.3) is 0 Å². The van der Waals surface area contributed by atoms with E-state index in [-0.39, 0.29) is 30.3 Å². The molecular weight excluding hydrogens is 373 g/mol. The predicted molar refractivity (Wildman–Crippen MR) is 106 cm³/mol. The lowest BCUT2D eigenvalue weighted by atomic mass is 10.0. The third-order valence-electron chi connectivity index (χ3n) is 4.59. The molecule has 2 aromatic carbocycles. The topological polar surface area (TPSA) is 92.8 Å². The first kappa shape index (κ1) is 20.6. The lowest BCUT2D eigenvalue weighted by Gasteiger charge is -2.23. The second-order valence-electron chi connectivity index (χ2n) is 7.20. The van der Waals surface area contributed by atoms with Crippen molar-refractivity contribution >= 4 is 5.91 Å². The van der Waals surface area contributed by atoms with Crippen LogP contribution in [0.3, 0.4) is 0 Å². The van der Waals surface area contributed by atoms with Crippen molar-refractivity contribution in [3.8, 4) is 11.4 Å². The average Bonchev–Trinajstić information content (AvgIpc) is 3.24. The molecule has 2 unspecified atom stereocenters. The van der Waals surface area contributed by atoms with Crippen LogP contribution in [0.25, 0.3) is 11.4 Å². The Balaban J connectivity index is 1.60. The van der Waals surface area contributed by atoms with Gasteiger partial charge in [0.05, 0.1) is 12.6 Å². The number of nitrogens with zero attached hydrogens (tertiary/aromatic N) is 3. The zero-order chi connectivity index (χ0) is 20.8. The molecule has 1 aromatic heterocycles. The molecule has 7 nitrogen and oxygen atoms in total. The zero-order valence-electron chi connectivity index (χ0n) is 16.6. The van der Waals surface area contributed by atoms with Gasteiger partial charge in [-0.1, -0.05) is 50.2 Å². The van der Waals surface area contributed by atoms with E-state index in [2.05, 4.69) is 25.9 Å². The van der Waals surface area contributed by atoms with Crippen molar-refractivity contribution < 1.29 is 13.9 Å². The van der Waals surface area contributed by atoms with E-state index in [9.17, 15) is 9.18 Å². The van der Waals surface area contributed by atoms with Crippen molar-refractivity contribution in [2.45, 2.75) is 39.5 Å². The van der Waals surface area contributed by atoms with E-state index in [1.54, 1.807) is 12.1 Å². The molecule has 0 spiro atoms. The molecule has 0 saturated carbocycles. The lowest BCUT2D eigenvalue weighted by molar-refractivity contribution is -0.137. The highest BCUT2D eigenvalue weighted by atomic mass is 19.1. The Kier molecular flexibility index (Phi) is 6.66. The average molecular weight is 397 g/mol. The Hall–Kier alpha value is -3.13. The summed E-state index contributed by atoms with van der Waals surface area (Å²) in [6.45, 7) is 6.02. The van der Waals surface area contributed by atoms with Crippen LogP contribution in [0, 0.1) is 11.7 Å². The van der Waals surface area contributed by atoms with Crippen LogP contribution in [0.5, 0.6) is 0 Å². The molecule has 0 aliphatic heterocycles. The van der Waals surface area contributed by atoms with E-state index in [1.165, 1.54) is 12.1 Å². The molecule has 0 saturated heterocycles. The normalized spacial score (nSPS) is 13.3. The van der Waals surface area contributed by atoms with Crippen LogP contribution in [0.1, 0.15) is 37.9 Å². The summed E-state index contributed by atoms with van der Waals surface area (Å²) in [6.07, 6.45) is -0.609. The van der Waals surface area contributed by atoms with Gasteiger partial charge >= 0.3 is 0 Å². The fourth-order valence-electron chi connectivity index (χ4n) is 2.93. The number of nitrogens with one attached hydrogen (secondary N) is 2. The van der Waals surface area contributed by atoms with Gasteiger partial charge < -0.3 is 10.1 Å². The molecule has 8 heteroatoms. The maximum absolute atomic E-state index is 13.0. The first-order chi connectivity index (χ1) is 13.9. The number of halogens is 1. The molecule has 0 bridgehead atoms. The van der Waals surface area contributed by atoms with Crippen molar-refractivity contribution in [2.24, 2.45) is 5.92 Å². The van der Waals surface area contributed by atoms with Gasteiger partial charge in [-0.15, -0.1) is 5.10 Å². The summed E-state index contributed by atoms with van der Waals surface area (Å²) >= 11 is 0. The third-order valence-corrected chi connectivity index (χ3v) is 4.59. The maximum atomic E-state index is 13.0. The van der Waals surface area contributed by atoms with Crippen molar-refractivity contribution in [2.75, 3.05) is 0 Å². The Morgan fingerprint density at radius 1 is 1.10 bits per heavy atom. The molecule has 2 N–H and O–H groups in total. The Morgan fingerprint density at radius 2 is 1.79 bits per heavy atom. The molecule has 2 atom stereocenters. The Labute approximate surface area is 168 Å². The van der Waals surface area contributed by atoms with Gasteiger partial charge in [-0.05, 0) is 46.5 Å². The van der Waals surface area contributed by atoms with Gasteiger partial charge in [0.1, 0.15) is 11.9 Å². The number of rotatable bonds is 8.